The summed E-state index contributed by atoms with van der Waals surface area (Å²) in [5.41, 5.74) is 2.29. The van der Waals surface area contributed by atoms with Crippen molar-refractivity contribution in [1.29, 1.82) is 5.26 Å². The summed E-state index contributed by atoms with van der Waals surface area (Å²) < 4.78 is 38.5. The summed E-state index contributed by atoms with van der Waals surface area (Å²) in [6, 6.07) is 14.5. The maximum Gasteiger partial charge on any atom is 0.246 e. The van der Waals surface area contributed by atoms with Gasteiger partial charge in [-0.3, -0.25) is 4.79 Å². The maximum atomic E-state index is 13.2. The largest absolute Gasteiger partial charge is 0.495 e. The third-order valence-electron chi connectivity index (χ3n) is 6.38. The van der Waals surface area contributed by atoms with Crippen LogP contribution in [0.25, 0.3) is 0 Å². The first-order valence-corrected chi connectivity index (χ1v) is 13.1. The molecule has 2 aliphatic rings. The van der Waals surface area contributed by atoms with Gasteiger partial charge in [-0.2, -0.15) is 9.57 Å². The number of nitriles is 1. The molecule has 4 rings (SSSR count). The molecule has 10 heteroatoms. The number of hydrogen-bond donors (Lipinski definition) is 0. The zero-order chi connectivity index (χ0) is 24.8. The molecule has 2 aromatic rings. The van der Waals surface area contributed by atoms with E-state index in [1.165, 1.54) is 11.4 Å². The van der Waals surface area contributed by atoms with E-state index in [-0.39, 0.29) is 36.1 Å². The van der Waals surface area contributed by atoms with E-state index in [0.717, 1.165) is 18.7 Å². The lowest BCUT2D eigenvalue weighted by Crippen LogP contribution is -2.40. The Balaban J connectivity index is 1.44. The van der Waals surface area contributed by atoms with Crippen molar-refractivity contribution in [2.45, 2.75) is 17.7 Å². The standard InChI is InChI=1S/C25H30N4O5S/c1-33-23-8-5-21(17-24(23)35(31,32)29-13-15-34-16-14-29)18-25(30)28-10-2-9-27(11-12-28)22-6-3-20(19-26)4-7-22/h3-8,17H,2,9-16,18H2,1H3. The minimum absolute atomic E-state index is 0.0356. The number of amides is 1. The van der Waals surface area contributed by atoms with E-state index in [2.05, 4.69) is 11.0 Å². The molecule has 9 nitrogen and oxygen atoms in total. The molecule has 1 amide bonds. The van der Waals surface area contributed by atoms with E-state index < -0.39 is 10.0 Å². The SMILES string of the molecule is COc1ccc(CC(=O)N2CCCN(c3ccc(C#N)cc3)CC2)cc1S(=O)(=O)N1CCOCC1. The highest BCUT2D eigenvalue weighted by Crippen LogP contribution is 2.29. The molecule has 2 aromatic carbocycles. The summed E-state index contributed by atoms with van der Waals surface area (Å²) in [5, 5.41) is 9.00. The quantitative estimate of drug-likeness (QED) is 0.599. The highest BCUT2D eigenvalue weighted by molar-refractivity contribution is 7.89. The van der Waals surface area contributed by atoms with Crippen LogP contribution in [-0.4, -0.2) is 83.1 Å². The number of morpholine rings is 1. The Morgan fingerprint density at radius 3 is 2.46 bits per heavy atom. The van der Waals surface area contributed by atoms with Crippen LogP contribution in [0.3, 0.4) is 0 Å². The zero-order valence-corrected chi connectivity index (χ0v) is 20.7. The number of rotatable bonds is 6. The molecule has 0 aromatic heterocycles. The van der Waals surface area contributed by atoms with E-state index >= 15 is 0 Å². The van der Waals surface area contributed by atoms with Gasteiger partial charge in [0.05, 0.1) is 38.4 Å². The van der Waals surface area contributed by atoms with E-state index in [4.69, 9.17) is 14.7 Å². The van der Waals surface area contributed by atoms with Gasteiger partial charge in [-0.25, -0.2) is 8.42 Å². The molecule has 0 radical (unpaired) electrons. The molecule has 0 aliphatic carbocycles. The first kappa shape index (κ1) is 25.0. The van der Waals surface area contributed by atoms with Gasteiger partial charge in [0, 0.05) is 45.0 Å². The Bertz CT molecular complexity index is 1190. The summed E-state index contributed by atoms with van der Waals surface area (Å²) in [4.78, 5) is 17.3. The number of ether oxygens (including phenoxy) is 2. The van der Waals surface area contributed by atoms with Crippen molar-refractivity contribution < 1.29 is 22.7 Å². The Morgan fingerprint density at radius 1 is 1.03 bits per heavy atom. The van der Waals surface area contributed by atoms with Crippen LogP contribution >= 0.6 is 0 Å². The first-order valence-electron chi connectivity index (χ1n) is 11.7. The second-order valence-electron chi connectivity index (χ2n) is 8.56. The molecule has 2 fully saturated rings. The lowest BCUT2D eigenvalue weighted by molar-refractivity contribution is -0.130. The number of methoxy groups -OCH3 is 1. The molecule has 0 atom stereocenters. The fraction of sp³-hybridized carbons (Fsp3) is 0.440. The van der Waals surface area contributed by atoms with Crippen LogP contribution < -0.4 is 9.64 Å². The molecule has 0 spiro atoms. The molecular formula is C25H30N4O5S. The molecule has 35 heavy (non-hydrogen) atoms. The van der Waals surface area contributed by atoms with Crippen LogP contribution in [0.15, 0.2) is 47.4 Å². The number of hydrogen-bond acceptors (Lipinski definition) is 7. The van der Waals surface area contributed by atoms with Crippen LogP contribution in [0.1, 0.15) is 17.5 Å². The van der Waals surface area contributed by atoms with Gasteiger partial charge in [-0.15, -0.1) is 0 Å². The van der Waals surface area contributed by atoms with E-state index in [0.29, 0.717) is 44.0 Å². The Hall–Kier alpha value is -3.13. The van der Waals surface area contributed by atoms with Crippen LogP contribution in [-0.2, 0) is 26.0 Å². The van der Waals surface area contributed by atoms with Crippen LogP contribution in [0.4, 0.5) is 5.69 Å². The van der Waals surface area contributed by atoms with E-state index in [9.17, 15) is 13.2 Å². The minimum atomic E-state index is -3.76. The van der Waals surface area contributed by atoms with Gasteiger partial charge in [0.1, 0.15) is 10.6 Å². The lowest BCUT2D eigenvalue weighted by atomic mass is 10.1. The van der Waals surface area contributed by atoms with Crippen molar-refractivity contribution in [3.63, 3.8) is 0 Å². The average molecular weight is 499 g/mol. The third-order valence-corrected chi connectivity index (χ3v) is 8.30. The maximum absolute atomic E-state index is 13.2. The molecule has 186 valence electrons. The number of nitrogens with zero attached hydrogens (tertiary/aromatic N) is 4. The van der Waals surface area contributed by atoms with Gasteiger partial charge >= 0.3 is 0 Å². The van der Waals surface area contributed by atoms with Crippen molar-refractivity contribution in [2.75, 3.05) is 64.5 Å². The smallest absolute Gasteiger partial charge is 0.246 e. The van der Waals surface area contributed by atoms with Crippen molar-refractivity contribution in [1.82, 2.24) is 9.21 Å². The van der Waals surface area contributed by atoms with Crippen molar-refractivity contribution >= 4 is 21.6 Å². The Labute approximate surface area is 206 Å². The summed E-state index contributed by atoms with van der Waals surface area (Å²) in [7, 11) is -2.32. The summed E-state index contributed by atoms with van der Waals surface area (Å²) in [6.45, 7) is 4.02. The summed E-state index contributed by atoms with van der Waals surface area (Å²) >= 11 is 0. The fourth-order valence-corrected chi connectivity index (χ4v) is 6.03. The van der Waals surface area contributed by atoms with E-state index in [1.54, 1.807) is 30.3 Å². The number of carbonyl (C=O) groups excluding carboxylic acids is 1. The van der Waals surface area contributed by atoms with Crippen LogP contribution in [0.5, 0.6) is 5.75 Å². The van der Waals surface area contributed by atoms with Gasteiger partial charge < -0.3 is 19.3 Å². The van der Waals surface area contributed by atoms with E-state index in [1.807, 2.05) is 17.0 Å². The Kier molecular flexibility index (Phi) is 7.90. The zero-order valence-electron chi connectivity index (χ0n) is 19.9. The molecule has 2 saturated heterocycles. The fourth-order valence-electron chi connectivity index (χ4n) is 4.42. The van der Waals surface area contributed by atoms with Gasteiger partial charge in [0.25, 0.3) is 0 Å². The predicted octanol–water partition coefficient (Wildman–Crippen LogP) is 1.87. The van der Waals surface area contributed by atoms with Crippen LogP contribution in [0.2, 0.25) is 0 Å². The minimum Gasteiger partial charge on any atom is -0.495 e. The first-order chi connectivity index (χ1) is 16.9. The molecule has 0 bridgehead atoms. The number of sulfonamides is 1. The van der Waals surface area contributed by atoms with Gasteiger partial charge in [-0.1, -0.05) is 6.07 Å². The van der Waals surface area contributed by atoms with Crippen LogP contribution in [0, 0.1) is 11.3 Å². The topological polar surface area (TPSA) is 103 Å². The summed E-state index contributed by atoms with van der Waals surface area (Å²) in [5.74, 6) is 0.229. The average Bonchev–Trinajstić information content (AvgIpc) is 3.16. The number of carbonyl (C=O) groups is 1. The van der Waals surface area contributed by atoms with Gasteiger partial charge in [0.2, 0.25) is 15.9 Å². The van der Waals surface area contributed by atoms with Crippen molar-refractivity contribution in [3.8, 4) is 11.8 Å². The highest BCUT2D eigenvalue weighted by Gasteiger charge is 2.30. The monoisotopic (exact) mass is 498 g/mol. The molecule has 0 N–H and O–H groups in total. The molecule has 2 aliphatic heterocycles. The molecular weight excluding hydrogens is 468 g/mol. The second-order valence-corrected chi connectivity index (χ2v) is 10.5. The second kappa shape index (κ2) is 11.1. The normalized spacial score (nSPS) is 17.5. The predicted molar refractivity (Wildman–Crippen MR) is 131 cm³/mol. The number of anilines is 1. The molecule has 0 saturated carbocycles. The van der Waals surface area contributed by atoms with Gasteiger partial charge in [0.15, 0.2) is 0 Å². The lowest BCUT2D eigenvalue weighted by Gasteiger charge is -2.27. The third kappa shape index (κ3) is 5.75. The van der Waals surface area contributed by atoms with Crippen molar-refractivity contribution in [3.05, 3.63) is 53.6 Å². The van der Waals surface area contributed by atoms with Gasteiger partial charge in [-0.05, 0) is 48.4 Å². The molecule has 2 heterocycles. The Morgan fingerprint density at radius 2 is 1.77 bits per heavy atom. The molecule has 0 unspecified atom stereocenters. The summed E-state index contributed by atoms with van der Waals surface area (Å²) in [6.07, 6.45) is 0.942. The van der Waals surface area contributed by atoms with Crippen molar-refractivity contribution in [2.24, 2.45) is 0 Å². The highest BCUT2D eigenvalue weighted by atomic mass is 32.2. The number of benzene rings is 2.